The summed E-state index contributed by atoms with van der Waals surface area (Å²) in [4.78, 5) is 11.2. The molecule has 0 spiro atoms. The van der Waals surface area contributed by atoms with Crippen LogP contribution in [0.1, 0.15) is 17.8 Å². The molecule has 0 bridgehead atoms. The van der Waals surface area contributed by atoms with E-state index in [0.717, 1.165) is 31.8 Å². The average molecular weight is 312 g/mol. The average Bonchev–Trinajstić information content (AvgIpc) is 3.14. The molecule has 3 heterocycles. The number of rotatable bonds is 7. The van der Waals surface area contributed by atoms with Crippen LogP contribution in [0.25, 0.3) is 0 Å². The van der Waals surface area contributed by atoms with Gasteiger partial charge in [0.25, 0.3) is 0 Å². The highest BCUT2D eigenvalue weighted by atomic mass is 16.5. The predicted molar refractivity (Wildman–Crippen MR) is 89.9 cm³/mol. The molecule has 122 valence electrons. The number of nitrogens with zero attached hydrogens (tertiary/aromatic N) is 4. The standard InChI is InChI=1S/C18H24N4O/c1-3-11-23-17-6-9-22(14-18-20-8-10-21(18)2)16(17)12-15-5-4-7-19-13-15/h3-5,7-8,10,13,16-17H,1,6,9,11-12,14H2,2H3/t16-,17-/m0/s1. The number of likely N-dealkylation sites (tertiary alicyclic amines) is 1. The molecule has 0 aromatic carbocycles. The lowest BCUT2D eigenvalue weighted by Gasteiger charge is -2.28. The molecule has 0 unspecified atom stereocenters. The van der Waals surface area contributed by atoms with Gasteiger partial charge in [0.05, 0.1) is 19.3 Å². The lowest BCUT2D eigenvalue weighted by molar-refractivity contribution is 0.0415. The third-order valence-corrected chi connectivity index (χ3v) is 4.46. The van der Waals surface area contributed by atoms with E-state index >= 15 is 0 Å². The van der Waals surface area contributed by atoms with Crippen molar-refractivity contribution in [1.29, 1.82) is 0 Å². The van der Waals surface area contributed by atoms with Gasteiger partial charge in [-0.3, -0.25) is 9.88 Å². The lowest BCUT2D eigenvalue weighted by Crippen LogP contribution is -2.38. The van der Waals surface area contributed by atoms with Gasteiger partial charge in [-0.1, -0.05) is 12.1 Å². The number of aryl methyl sites for hydroxylation is 1. The first-order valence-corrected chi connectivity index (χ1v) is 8.09. The zero-order chi connectivity index (χ0) is 16.1. The summed E-state index contributed by atoms with van der Waals surface area (Å²) in [6, 6.07) is 4.47. The van der Waals surface area contributed by atoms with Gasteiger partial charge in [-0.05, 0) is 24.5 Å². The van der Waals surface area contributed by atoms with Gasteiger partial charge >= 0.3 is 0 Å². The minimum atomic E-state index is 0.230. The first kappa shape index (κ1) is 15.9. The van der Waals surface area contributed by atoms with Gasteiger partial charge < -0.3 is 9.30 Å². The summed E-state index contributed by atoms with van der Waals surface area (Å²) < 4.78 is 8.09. The van der Waals surface area contributed by atoms with E-state index in [1.165, 1.54) is 5.56 Å². The molecule has 5 nitrogen and oxygen atoms in total. The molecular formula is C18H24N4O. The fourth-order valence-corrected chi connectivity index (χ4v) is 3.22. The number of pyridine rings is 1. The molecule has 23 heavy (non-hydrogen) atoms. The molecular weight excluding hydrogens is 288 g/mol. The van der Waals surface area contributed by atoms with Gasteiger partial charge in [0.15, 0.2) is 0 Å². The van der Waals surface area contributed by atoms with Crippen LogP contribution in [0.3, 0.4) is 0 Å². The van der Waals surface area contributed by atoms with Crippen molar-refractivity contribution in [3.63, 3.8) is 0 Å². The second-order valence-electron chi connectivity index (χ2n) is 6.01. The smallest absolute Gasteiger partial charge is 0.122 e. The summed E-state index contributed by atoms with van der Waals surface area (Å²) in [7, 11) is 2.04. The molecule has 1 aliphatic heterocycles. The van der Waals surface area contributed by atoms with E-state index in [1.807, 2.05) is 44.0 Å². The monoisotopic (exact) mass is 312 g/mol. The largest absolute Gasteiger partial charge is 0.372 e. The zero-order valence-electron chi connectivity index (χ0n) is 13.6. The Hall–Kier alpha value is -1.98. The fraction of sp³-hybridized carbons (Fsp3) is 0.444. The predicted octanol–water partition coefficient (Wildman–Crippen LogP) is 2.20. The highest BCUT2D eigenvalue weighted by Gasteiger charge is 2.35. The Morgan fingerprint density at radius 1 is 1.43 bits per heavy atom. The third kappa shape index (κ3) is 3.86. The second kappa shape index (κ2) is 7.53. The van der Waals surface area contributed by atoms with Gasteiger partial charge in [0, 0.05) is 44.4 Å². The van der Waals surface area contributed by atoms with E-state index in [-0.39, 0.29) is 6.10 Å². The van der Waals surface area contributed by atoms with Gasteiger partial charge in [-0.25, -0.2) is 4.98 Å². The number of imidazole rings is 1. The van der Waals surface area contributed by atoms with Crippen LogP contribution in [-0.2, 0) is 24.8 Å². The Morgan fingerprint density at radius 3 is 3.04 bits per heavy atom. The van der Waals surface area contributed by atoms with E-state index < -0.39 is 0 Å². The van der Waals surface area contributed by atoms with Crippen LogP contribution in [0.2, 0.25) is 0 Å². The molecule has 0 N–H and O–H groups in total. The Labute approximate surface area is 137 Å². The number of ether oxygens (including phenoxy) is 1. The Bertz CT molecular complexity index is 625. The van der Waals surface area contributed by atoms with Gasteiger partial charge in [0.1, 0.15) is 5.82 Å². The Morgan fingerprint density at radius 2 is 2.35 bits per heavy atom. The van der Waals surface area contributed by atoms with Crippen molar-refractivity contribution in [3.05, 3.63) is 61.0 Å². The highest BCUT2D eigenvalue weighted by molar-refractivity contribution is 5.12. The molecule has 1 aliphatic rings. The highest BCUT2D eigenvalue weighted by Crippen LogP contribution is 2.25. The van der Waals surface area contributed by atoms with Crippen molar-refractivity contribution >= 4 is 0 Å². The van der Waals surface area contributed by atoms with E-state index in [9.17, 15) is 0 Å². The molecule has 5 heteroatoms. The van der Waals surface area contributed by atoms with Crippen LogP contribution >= 0.6 is 0 Å². The van der Waals surface area contributed by atoms with Crippen molar-refractivity contribution in [2.75, 3.05) is 13.2 Å². The topological polar surface area (TPSA) is 43.2 Å². The van der Waals surface area contributed by atoms with Crippen molar-refractivity contribution in [3.8, 4) is 0 Å². The molecule has 2 aromatic rings. The molecule has 0 saturated carbocycles. The minimum Gasteiger partial charge on any atom is -0.372 e. The maximum absolute atomic E-state index is 6.01. The van der Waals surface area contributed by atoms with Crippen LogP contribution in [-0.4, -0.2) is 44.7 Å². The summed E-state index contributed by atoms with van der Waals surface area (Å²) in [5.41, 5.74) is 1.25. The van der Waals surface area contributed by atoms with Gasteiger partial charge in [-0.15, -0.1) is 6.58 Å². The molecule has 0 radical (unpaired) electrons. The van der Waals surface area contributed by atoms with Crippen LogP contribution in [0.4, 0.5) is 0 Å². The van der Waals surface area contributed by atoms with E-state index in [2.05, 4.69) is 32.1 Å². The second-order valence-corrected chi connectivity index (χ2v) is 6.01. The number of hydrogen-bond acceptors (Lipinski definition) is 4. The summed E-state index contributed by atoms with van der Waals surface area (Å²) >= 11 is 0. The van der Waals surface area contributed by atoms with Crippen LogP contribution in [0.5, 0.6) is 0 Å². The third-order valence-electron chi connectivity index (χ3n) is 4.46. The quantitative estimate of drug-likeness (QED) is 0.735. The molecule has 1 saturated heterocycles. The molecule has 0 amide bonds. The Balaban J connectivity index is 1.74. The van der Waals surface area contributed by atoms with Gasteiger partial charge in [-0.2, -0.15) is 0 Å². The van der Waals surface area contributed by atoms with Crippen LogP contribution in [0.15, 0.2) is 49.6 Å². The van der Waals surface area contributed by atoms with Crippen molar-refractivity contribution in [2.24, 2.45) is 7.05 Å². The van der Waals surface area contributed by atoms with Gasteiger partial charge in [0.2, 0.25) is 0 Å². The zero-order valence-corrected chi connectivity index (χ0v) is 13.6. The lowest BCUT2D eigenvalue weighted by atomic mass is 10.0. The van der Waals surface area contributed by atoms with E-state index in [4.69, 9.17) is 4.74 Å². The summed E-state index contributed by atoms with van der Waals surface area (Å²) in [6.07, 6.45) is 11.7. The summed E-state index contributed by atoms with van der Waals surface area (Å²) in [5.74, 6) is 1.09. The van der Waals surface area contributed by atoms with Crippen LogP contribution in [0, 0.1) is 0 Å². The van der Waals surface area contributed by atoms with E-state index in [0.29, 0.717) is 12.6 Å². The van der Waals surface area contributed by atoms with E-state index in [1.54, 1.807) is 0 Å². The minimum absolute atomic E-state index is 0.230. The molecule has 3 rings (SSSR count). The Kier molecular flexibility index (Phi) is 5.20. The number of hydrogen-bond donors (Lipinski definition) is 0. The molecule has 2 atom stereocenters. The summed E-state index contributed by atoms with van der Waals surface area (Å²) in [6.45, 7) is 6.24. The first-order chi connectivity index (χ1) is 11.3. The first-order valence-electron chi connectivity index (χ1n) is 8.09. The summed E-state index contributed by atoms with van der Waals surface area (Å²) in [5, 5.41) is 0. The van der Waals surface area contributed by atoms with Crippen molar-refractivity contribution in [2.45, 2.75) is 31.5 Å². The molecule has 0 aliphatic carbocycles. The maximum Gasteiger partial charge on any atom is 0.122 e. The molecule has 1 fully saturated rings. The fourth-order valence-electron chi connectivity index (χ4n) is 3.22. The van der Waals surface area contributed by atoms with Crippen LogP contribution < -0.4 is 0 Å². The van der Waals surface area contributed by atoms with Crippen molar-refractivity contribution < 1.29 is 4.74 Å². The normalized spacial score (nSPS) is 21.6. The molecule has 2 aromatic heterocycles. The maximum atomic E-state index is 6.01. The number of aromatic nitrogens is 3. The SMILES string of the molecule is C=CCO[C@H]1CCN(Cc2nccn2C)[C@H]1Cc1cccnc1. The van der Waals surface area contributed by atoms with Crippen molar-refractivity contribution in [1.82, 2.24) is 19.4 Å².